The standard InChI is InChI=1S/C14H28N2S/c1-12-4-3-5-13(10-12)16-8-6-14(11-15,17-2)7-9-16/h12-13H,3-11,15H2,1-2H3. The molecule has 0 spiro atoms. The van der Waals surface area contributed by atoms with Gasteiger partial charge in [-0.2, -0.15) is 11.8 Å². The van der Waals surface area contributed by atoms with E-state index in [0.29, 0.717) is 4.75 Å². The van der Waals surface area contributed by atoms with Crippen LogP contribution < -0.4 is 5.73 Å². The van der Waals surface area contributed by atoms with Crippen LogP contribution in [-0.4, -0.2) is 41.6 Å². The number of rotatable bonds is 3. The molecule has 2 atom stereocenters. The number of thioether (sulfide) groups is 1. The van der Waals surface area contributed by atoms with Crippen LogP contribution in [0.3, 0.4) is 0 Å². The summed E-state index contributed by atoms with van der Waals surface area (Å²) >= 11 is 1.99. The second kappa shape index (κ2) is 5.94. The molecule has 2 nitrogen and oxygen atoms in total. The van der Waals surface area contributed by atoms with E-state index in [2.05, 4.69) is 18.1 Å². The number of nitrogens with zero attached hydrogens (tertiary/aromatic N) is 1. The Morgan fingerprint density at radius 3 is 2.53 bits per heavy atom. The van der Waals surface area contributed by atoms with Gasteiger partial charge >= 0.3 is 0 Å². The highest BCUT2D eigenvalue weighted by Gasteiger charge is 2.35. The van der Waals surface area contributed by atoms with Crippen molar-refractivity contribution in [2.45, 2.75) is 56.2 Å². The Morgan fingerprint density at radius 2 is 2.00 bits per heavy atom. The first-order chi connectivity index (χ1) is 8.19. The molecule has 0 bridgehead atoms. The minimum atomic E-state index is 0.386. The van der Waals surface area contributed by atoms with Crippen LogP contribution in [-0.2, 0) is 0 Å². The van der Waals surface area contributed by atoms with Crippen molar-refractivity contribution in [3.8, 4) is 0 Å². The zero-order valence-corrected chi connectivity index (χ0v) is 12.3. The molecule has 0 aromatic heterocycles. The summed E-state index contributed by atoms with van der Waals surface area (Å²) in [6, 6.07) is 0.872. The molecule has 1 aliphatic heterocycles. The highest BCUT2D eigenvalue weighted by molar-refractivity contribution is 8.00. The average Bonchev–Trinajstić information content (AvgIpc) is 2.39. The first-order valence-electron chi connectivity index (χ1n) is 7.18. The third-order valence-corrected chi connectivity index (χ3v) is 6.38. The molecule has 17 heavy (non-hydrogen) atoms. The second-order valence-electron chi connectivity index (χ2n) is 6.05. The minimum Gasteiger partial charge on any atom is -0.329 e. The normalized spacial score (nSPS) is 34.8. The van der Waals surface area contributed by atoms with E-state index in [9.17, 15) is 0 Å². The molecule has 0 aromatic carbocycles. The Morgan fingerprint density at radius 1 is 1.29 bits per heavy atom. The van der Waals surface area contributed by atoms with Crippen LogP contribution >= 0.6 is 11.8 Å². The molecule has 2 aliphatic rings. The van der Waals surface area contributed by atoms with Gasteiger partial charge in [-0.1, -0.05) is 19.8 Å². The molecule has 2 rings (SSSR count). The lowest BCUT2D eigenvalue weighted by atomic mass is 9.84. The Hall–Kier alpha value is 0.270. The van der Waals surface area contributed by atoms with Gasteiger partial charge in [0, 0.05) is 17.3 Å². The van der Waals surface area contributed by atoms with Crippen molar-refractivity contribution in [1.82, 2.24) is 4.90 Å². The van der Waals surface area contributed by atoms with E-state index in [1.54, 1.807) is 0 Å². The van der Waals surface area contributed by atoms with E-state index in [1.165, 1.54) is 51.6 Å². The van der Waals surface area contributed by atoms with Crippen molar-refractivity contribution in [2.75, 3.05) is 25.9 Å². The lowest BCUT2D eigenvalue weighted by Gasteiger charge is -2.45. The Balaban J connectivity index is 1.86. The van der Waals surface area contributed by atoms with Gasteiger partial charge in [0.2, 0.25) is 0 Å². The summed E-state index contributed by atoms with van der Waals surface area (Å²) < 4.78 is 0.386. The first-order valence-corrected chi connectivity index (χ1v) is 8.41. The van der Waals surface area contributed by atoms with Crippen LogP contribution in [0.5, 0.6) is 0 Å². The number of nitrogens with two attached hydrogens (primary N) is 1. The zero-order valence-electron chi connectivity index (χ0n) is 11.5. The summed E-state index contributed by atoms with van der Waals surface area (Å²) in [6.07, 6.45) is 10.5. The van der Waals surface area contributed by atoms with E-state index in [4.69, 9.17) is 5.73 Å². The van der Waals surface area contributed by atoms with Gasteiger partial charge in [0.05, 0.1) is 0 Å². The lowest BCUT2D eigenvalue weighted by Crippen LogP contribution is -2.50. The van der Waals surface area contributed by atoms with E-state index < -0.39 is 0 Å². The topological polar surface area (TPSA) is 29.3 Å². The van der Waals surface area contributed by atoms with Gasteiger partial charge in [-0.25, -0.2) is 0 Å². The van der Waals surface area contributed by atoms with Crippen LogP contribution in [0.1, 0.15) is 45.4 Å². The molecular weight excluding hydrogens is 228 g/mol. The molecule has 2 N–H and O–H groups in total. The van der Waals surface area contributed by atoms with Crippen molar-refractivity contribution in [2.24, 2.45) is 11.7 Å². The summed E-state index contributed by atoms with van der Waals surface area (Å²) in [4.78, 5) is 2.75. The second-order valence-corrected chi connectivity index (χ2v) is 7.33. The van der Waals surface area contributed by atoms with Gasteiger partial charge in [-0.3, -0.25) is 0 Å². The largest absolute Gasteiger partial charge is 0.329 e. The van der Waals surface area contributed by atoms with Gasteiger partial charge < -0.3 is 10.6 Å². The predicted octanol–water partition coefficient (Wildman–Crippen LogP) is 2.72. The van der Waals surface area contributed by atoms with Crippen molar-refractivity contribution < 1.29 is 0 Å². The zero-order chi connectivity index (χ0) is 12.3. The third-order valence-electron chi connectivity index (χ3n) is 4.94. The molecule has 0 aromatic rings. The maximum absolute atomic E-state index is 5.96. The summed E-state index contributed by atoms with van der Waals surface area (Å²) in [6.45, 7) is 5.82. The molecule has 100 valence electrons. The number of piperidine rings is 1. The molecule has 1 heterocycles. The monoisotopic (exact) mass is 256 g/mol. The Bertz CT molecular complexity index is 230. The van der Waals surface area contributed by atoms with E-state index in [0.717, 1.165) is 18.5 Å². The predicted molar refractivity (Wildman–Crippen MR) is 77.5 cm³/mol. The van der Waals surface area contributed by atoms with Crippen molar-refractivity contribution in [1.29, 1.82) is 0 Å². The molecule has 1 aliphatic carbocycles. The fraction of sp³-hybridized carbons (Fsp3) is 1.00. The fourth-order valence-electron chi connectivity index (χ4n) is 3.52. The first kappa shape index (κ1) is 13.7. The highest BCUT2D eigenvalue weighted by Crippen LogP contribution is 2.36. The van der Waals surface area contributed by atoms with Crippen molar-refractivity contribution >= 4 is 11.8 Å². The highest BCUT2D eigenvalue weighted by atomic mass is 32.2. The van der Waals surface area contributed by atoms with Gasteiger partial charge in [-0.15, -0.1) is 0 Å². The van der Waals surface area contributed by atoms with Crippen molar-refractivity contribution in [3.63, 3.8) is 0 Å². The van der Waals surface area contributed by atoms with Crippen LogP contribution in [0.25, 0.3) is 0 Å². The van der Waals surface area contributed by atoms with E-state index >= 15 is 0 Å². The summed E-state index contributed by atoms with van der Waals surface area (Å²) in [7, 11) is 0. The molecule has 3 heteroatoms. The molecule has 1 saturated heterocycles. The molecule has 0 radical (unpaired) electrons. The molecule has 2 unspecified atom stereocenters. The maximum Gasteiger partial charge on any atom is 0.0303 e. The number of likely N-dealkylation sites (tertiary alicyclic amines) is 1. The van der Waals surface area contributed by atoms with Crippen LogP contribution in [0.15, 0.2) is 0 Å². The molecule has 0 amide bonds. The summed E-state index contributed by atoms with van der Waals surface area (Å²) in [5, 5.41) is 0. The molecular formula is C14H28N2S. The lowest BCUT2D eigenvalue weighted by molar-refractivity contribution is 0.101. The number of hydrogen-bond donors (Lipinski definition) is 1. The Labute approximate surface area is 111 Å². The number of hydrogen-bond acceptors (Lipinski definition) is 3. The van der Waals surface area contributed by atoms with Crippen LogP contribution in [0.2, 0.25) is 0 Å². The quantitative estimate of drug-likeness (QED) is 0.842. The minimum absolute atomic E-state index is 0.386. The molecule has 1 saturated carbocycles. The fourth-order valence-corrected chi connectivity index (χ4v) is 4.28. The molecule has 2 fully saturated rings. The van der Waals surface area contributed by atoms with Crippen molar-refractivity contribution in [3.05, 3.63) is 0 Å². The maximum atomic E-state index is 5.96. The third kappa shape index (κ3) is 3.18. The van der Waals surface area contributed by atoms with Gasteiger partial charge in [0.25, 0.3) is 0 Å². The van der Waals surface area contributed by atoms with E-state index in [1.807, 2.05) is 11.8 Å². The van der Waals surface area contributed by atoms with Gasteiger partial charge in [-0.05, 0) is 50.9 Å². The average molecular weight is 256 g/mol. The smallest absolute Gasteiger partial charge is 0.0303 e. The van der Waals surface area contributed by atoms with Crippen LogP contribution in [0, 0.1) is 5.92 Å². The summed E-state index contributed by atoms with van der Waals surface area (Å²) in [5.41, 5.74) is 5.96. The van der Waals surface area contributed by atoms with Gasteiger partial charge in [0.15, 0.2) is 0 Å². The van der Waals surface area contributed by atoms with E-state index in [-0.39, 0.29) is 0 Å². The Kier molecular flexibility index (Phi) is 4.79. The van der Waals surface area contributed by atoms with Crippen LogP contribution in [0.4, 0.5) is 0 Å². The SMILES string of the molecule is CSC1(CN)CCN(C2CCCC(C)C2)CC1. The van der Waals surface area contributed by atoms with Gasteiger partial charge in [0.1, 0.15) is 0 Å². The summed E-state index contributed by atoms with van der Waals surface area (Å²) in [5.74, 6) is 0.940.